The first kappa shape index (κ1) is 24.0. The zero-order chi connectivity index (χ0) is 26.4. The lowest BCUT2D eigenvalue weighted by molar-refractivity contribution is -0.133. The summed E-state index contributed by atoms with van der Waals surface area (Å²) in [6.07, 6.45) is 2.62. The molecule has 2 aliphatic heterocycles. The van der Waals surface area contributed by atoms with Gasteiger partial charge in [-0.25, -0.2) is 0 Å². The Bertz CT molecular complexity index is 1520. The van der Waals surface area contributed by atoms with E-state index in [1.807, 2.05) is 62.4 Å². The Balaban J connectivity index is 1.34. The van der Waals surface area contributed by atoms with E-state index in [0.717, 1.165) is 27.7 Å². The Hall–Kier alpha value is -4.33. The summed E-state index contributed by atoms with van der Waals surface area (Å²) < 4.78 is 5.33. The van der Waals surface area contributed by atoms with Gasteiger partial charge in [0.15, 0.2) is 0 Å². The molecule has 8 nitrogen and oxygen atoms in total. The summed E-state index contributed by atoms with van der Waals surface area (Å²) in [5.41, 5.74) is 4.45. The van der Waals surface area contributed by atoms with Gasteiger partial charge in [-0.2, -0.15) is 0 Å². The van der Waals surface area contributed by atoms with Crippen molar-refractivity contribution >= 4 is 28.6 Å². The number of fused-ring (bicyclic) bond motifs is 7. The van der Waals surface area contributed by atoms with Crippen molar-refractivity contribution < 1.29 is 18.8 Å². The molecule has 0 radical (unpaired) electrons. The molecular weight excluding hydrogens is 480 g/mol. The Morgan fingerprint density at radius 1 is 1.11 bits per heavy atom. The van der Waals surface area contributed by atoms with E-state index in [9.17, 15) is 14.4 Å². The highest BCUT2D eigenvalue weighted by atomic mass is 16.3. The minimum Gasteiger partial charge on any atom is -0.467 e. The molecule has 8 heteroatoms. The first-order valence-electron chi connectivity index (χ1n) is 13.1. The van der Waals surface area contributed by atoms with Gasteiger partial charge < -0.3 is 24.9 Å². The highest BCUT2D eigenvalue weighted by Crippen LogP contribution is 2.46. The smallest absolute Gasteiger partial charge is 0.255 e. The number of nitrogens with zero attached hydrogens (tertiary/aromatic N) is 1. The summed E-state index contributed by atoms with van der Waals surface area (Å²) in [5.74, 6) is -0.247. The van der Waals surface area contributed by atoms with Crippen molar-refractivity contribution in [2.45, 2.75) is 51.4 Å². The number of H-pyrrole nitrogens is 1. The third kappa shape index (κ3) is 3.88. The van der Waals surface area contributed by atoms with E-state index in [4.69, 9.17) is 4.42 Å². The fourth-order valence-electron chi connectivity index (χ4n) is 5.79. The van der Waals surface area contributed by atoms with Gasteiger partial charge in [0.2, 0.25) is 11.8 Å². The second-order valence-corrected chi connectivity index (χ2v) is 10.2. The zero-order valence-electron chi connectivity index (χ0n) is 21.4. The van der Waals surface area contributed by atoms with Crippen molar-refractivity contribution in [1.29, 1.82) is 0 Å². The molecule has 0 spiro atoms. The lowest BCUT2D eigenvalue weighted by atomic mass is 9.89. The van der Waals surface area contributed by atoms with Crippen molar-refractivity contribution in [2.24, 2.45) is 5.92 Å². The van der Waals surface area contributed by atoms with Crippen LogP contribution in [0.5, 0.6) is 0 Å². The number of carbonyl (C=O) groups excluding carboxylic acids is 3. The van der Waals surface area contributed by atoms with Gasteiger partial charge in [-0.3, -0.25) is 14.4 Å². The largest absolute Gasteiger partial charge is 0.467 e. The Morgan fingerprint density at radius 3 is 2.68 bits per heavy atom. The van der Waals surface area contributed by atoms with Crippen molar-refractivity contribution in [2.75, 3.05) is 0 Å². The third-order valence-electron chi connectivity index (χ3n) is 7.96. The van der Waals surface area contributed by atoms with Crippen LogP contribution >= 0.6 is 0 Å². The van der Waals surface area contributed by atoms with Crippen LogP contribution in [-0.2, 0) is 22.6 Å². The number of furan rings is 1. The minimum absolute atomic E-state index is 0.106. The second-order valence-electron chi connectivity index (χ2n) is 10.2. The lowest BCUT2D eigenvalue weighted by Gasteiger charge is -2.38. The normalized spacial score (nSPS) is 19.4. The van der Waals surface area contributed by atoms with E-state index in [1.54, 1.807) is 23.3 Å². The van der Waals surface area contributed by atoms with Crippen LogP contribution in [-0.4, -0.2) is 39.7 Å². The van der Waals surface area contributed by atoms with E-state index in [2.05, 4.69) is 15.6 Å². The topological polar surface area (TPSA) is 107 Å². The molecule has 2 aromatic heterocycles. The van der Waals surface area contributed by atoms with Crippen LogP contribution in [0, 0.1) is 5.92 Å². The highest BCUT2D eigenvalue weighted by Gasteiger charge is 2.49. The minimum atomic E-state index is -0.754. The summed E-state index contributed by atoms with van der Waals surface area (Å²) in [4.78, 5) is 46.0. The molecule has 4 aromatic rings. The molecule has 38 heavy (non-hydrogen) atoms. The fourth-order valence-corrected chi connectivity index (χ4v) is 5.79. The summed E-state index contributed by atoms with van der Waals surface area (Å²) in [5, 5.41) is 6.94. The Kier molecular flexibility index (Phi) is 6.02. The van der Waals surface area contributed by atoms with Crippen molar-refractivity contribution in [3.63, 3.8) is 0 Å². The van der Waals surface area contributed by atoms with Crippen LogP contribution < -0.4 is 10.6 Å². The number of hydrogen-bond acceptors (Lipinski definition) is 4. The second kappa shape index (κ2) is 9.52. The molecule has 194 valence electrons. The molecule has 0 saturated heterocycles. The lowest BCUT2D eigenvalue weighted by Crippen LogP contribution is -2.58. The third-order valence-corrected chi connectivity index (χ3v) is 7.96. The maximum absolute atomic E-state index is 14.0. The molecule has 0 unspecified atom stereocenters. The van der Waals surface area contributed by atoms with Gasteiger partial charge in [0.05, 0.1) is 18.8 Å². The average Bonchev–Trinajstić information content (AvgIpc) is 3.66. The van der Waals surface area contributed by atoms with E-state index >= 15 is 0 Å². The SMILES string of the molecule is CC[C@H](C)[C@H](NC(=O)[C@@H]1Cc2c([nH]c3ccccc23)[C@@H]2c3ccccc3C(=O)N21)C(=O)NCc1ccco1. The van der Waals surface area contributed by atoms with Crippen LogP contribution in [0.3, 0.4) is 0 Å². The maximum Gasteiger partial charge on any atom is 0.255 e. The predicted octanol–water partition coefficient (Wildman–Crippen LogP) is 4.08. The predicted molar refractivity (Wildman–Crippen MR) is 142 cm³/mol. The summed E-state index contributed by atoms with van der Waals surface area (Å²) >= 11 is 0. The molecule has 4 heterocycles. The number of aromatic nitrogens is 1. The molecule has 6 rings (SSSR count). The molecule has 0 aliphatic carbocycles. The summed E-state index contributed by atoms with van der Waals surface area (Å²) in [7, 11) is 0. The highest BCUT2D eigenvalue weighted by molar-refractivity contribution is 6.04. The number of nitrogens with one attached hydrogen (secondary N) is 3. The van der Waals surface area contributed by atoms with Gasteiger partial charge >= 0.3 is 0 Å². The molecule has 4 atom stereocenters. The zero-order valence-corrected chi connectivity index (χ0v) is 21.4. The molecule has 2 aromatic carbocycles. The molecule has 3 N–H and O–H groups in total. The number of benzene rings is 2. The molecule has 0 fully saturated rings. The Morgan fingerprint density at radius 2 is 1.89 bits per heavy atom. The van der Waals surface area contributed by atoms with Gasteiger partial charge in [0, 0.05) is 28.6 Å². The van der Waals surface area contributed by atoms with Gasteiger partial charge in [0.25, 0.3) is 5.91 Å². The van der Waals surface area contributed by atoms with E-state index < -0.39 is 12.1 Å². The number of para-hydroxylation sites is 1. The van der Waals surface area contributed by atoms with Crippen LogP contribution in [0.1, 0.15) is 59.2 Å². The number of carbonyl (C=O) groups is 3. The van der Waals surface area contributed by atoms with Crippen LogP contribution in [0.4, 0.5) is 0 Å². The van der Waals surface area contributed by atoms with Crippen molar-refractivity contribution in [3.05, 3.63) is 95.1 Å². The van der Waals surface area contributed by atoms with Gasteiger partial charge in [-0.15, -0.1) is 0 Å². The number of aromatic amines is 1. The van der Waals surface area contributed by atoms with Crippen LogP contribution in [0.15, 0.2) is 71.3 Å². The Labute approximate surface area is 220 Å². The van der Waals surface area contributed by atoms with E-state index in [0.29, 0.717) is 24.2 Å². The standard InChI is InChI=1S/C30H30N4O4/c1-3-17(2)25(29(36)31-16-18-9-8-14-38-18)33-28(35)24-15-22-19-10-6-7-13-23(19)32-26(22)27-20-11-4-5-12-21(20)30(37)34(24)27/h4-14,17,24-25,27,32H,3,15-16H2,1-2H3,(H,31,36)(H,33,35)/t17-,24-,25-,27-/m0/s1. The van der Waals surface area contributed by atoms with E-state index in [1.165, 1.54) is 0 Å². The first-order chi connectivity index (χ1) is 18.5. The molecule has 3 amide bonds. The first-order valence-corrected chi connectivity index (χ1v) is 13.1. The number of amides is 3. The molecule has 0 bridgehead atoms. The average molecular weight is 511 g/mol. The number of rotatable bonds is 7. The van der Waals surface area contributed by atoms with Crippen molar-refractivity contribution in [3.8, 4) is 0 Å². The quantitative estimate of drug-likeness (QED) is 0.348. The van der Waals surface area contributed by atoms with Gasteiger partial charge in [-0.05, 0) is 41.3 Å². The van der Waals surface area contributed by atoms with Crippen LogP contribution in [0.25, 0.3) is 10.9 Å². The van der Waals surface area contributed by atoms with Gasteiger partial charge in [-0.1, -0.05) is 56.7 Å². The molecular formula is C30H30N4O4. The fraction of sp³-hybridized carbons (Fsp3) is 0.300. The van der Waals surface area contributed by atoms with E-state index in [-0.39, 0.29) is 36.2 Å². The maximum atomic E-state index is 14.0. The molecule has 0 saturated carbocycles. The summed E-state index contributed by atoms with van der Waals surface area (Å²) in [6.45, 7) is 4.16. The number of hydrogen-bond donors (Lipinski definition) is 3. The van der Waals surface area contributed by atoms with Crippen molar-refractivity contribution in [1.82, 2.24) is 20.5 Å². The molecule has 2 aliphatic rings. The van der Waals surface area contributed by atoms with Gasteiger partial charge in [0.1, 0.15) is 17.8 Å². The summed E-state index contributed by atoms with van der Waals surface area (Å²) in [6, 6.07) is 17.2. The monoisotopic (exact) mass is 510 g/mol. The van der Waals surface area contributed by atoms with Crippen LogP contribution in [0.2, 0.25) is 0 Å².